The van der Waals surface area contributed by atoms with E-state index in [1.165, 1.54) is 36.8 Å². The van der Waals surface area contributed by atoms with E-state index in [0.717, 1.165) is 42.2 Å². The molecule has 0 spiro atoms. The third-order valence-corrected chi connectivity index (χ3v) is 6.62. The lowest BCUT2D eigenvalue weighted by atomic mass is 9.96. The first-order valence-corrected chi connectivity index (χ1v) is 11.2. The maximum atomic E-state index is 12.7. The summed E-state index contributed by atoms with van der Waals surface area (Å²) < 4.78 is 0. The Morgan fingerprint density at radius 3 is 2.79 bits per heavy atom. The highest BCUT2D eigenvalue weighted by molar-refractivity contribution is 7.99. The van der Waals surface area contributed by atoms with Crippen LogP contribution in [-0.4, -0.2) is 23.2 Å². The molecule has 1 aromatic heterocycles. The summed E-state index contributed by atoms with van der Waals surface area (Å²) in [7, 11) is 0. The number of rotatable bonds is 4. The quantitative estimate of drug-likeness (QED) is 0.710. The van der Waals surface area contributed by atoms with Gasteiger partial charge in [-0.05, 0) is 55.4 Å². The number of hydrogen-bond acceptors (Lipinski definition) is 4. The number of nitriles is 1. The Kier molecular flexibility index (Phi) is 5.97. The van der Waals surface area contributed by atoms with Crippen LogP contribution in [0.3, 0.4) is 0 Å². The van der Waals surface area contributed by atoms with Gasteiger partial charge >= 0.3 is 0 Å². The van der Waals surface area contributed by atoms with E-state index in [1.54, 1.807) is 11.8 Å². The molecule has 0 N–H and O–H groups in total. The Morgan fingerprint density at radius 2 is 1.93 bits per heavy atom. The van der Waals surface area contributed by atoms with Crippen molar-refractivity contribution >= 4 is 23.4 Å². The number of carbonyl (C=O) groups excluding carboxylic acids is 1. The number of para-hydroxylation sites is 1. The Balaban J connectivity index is 1.41. The van der Waals surface area contributed by atoms with Gasteiger partial charge in [0.1, 0.15) is 11.1 Å². The number of aromatic nitrogens is 1. The van der Waals surface area contributed by atoms with Gasteiger partial charge in [-0.1, -0.05) is 31.0 Å². The molecule has 2 heterocycles. The van der Waals surface area contributed by atoms with Crippen molar-refractivity contribution in [2.45, 2.75) is 56.4 Å². The Hall–Kier alpha value is -2.32. The second-order valence-corrected chi connectivity index (χ2v) is 8.58. The molecular formula is C23H25N3OS. The molecule has 0 atom stereocenters. The topological polar surface area (TPSA) is 57.0 Å². The molecule has 1 aliphatic carbocycles. The van der Waals surface area contributed by atoms with Crippen LogP contribution in [-0.2, 0) is 24.1 Å². The number of aryl methyl sites for hydroxylation is 2. The molecule has 0 radical (unpaired) electrons. The third-order valence-electron chi connectivity index (χ3n) is 5.63. The van der Waals surface area contributed by atoms with Crippen LogP contribution in [0.2, 0.25) is 0 Å². The number of thioether (sulfide) groups is 1. The van der Waals surface area contributed by atoms with E-state index < -0.39 is 0 Å². The van der Waals surface area contributed by atoms with E-state index >= 15 is 0 Å². The van der Waals surface area contributed by atoms with Crippen LogP contribution < -0.4 is 4.90 Å². The van der Waals surface area contributed by atoms with Gasteiger partial charge < -0.3 is 4.90 Å². The standard InChI is InChI=1S/C23H25N3OS/c24-16-19-15-18-8-3-1-2-4-9-20(18)25-23(19)28-14-12-22(27)26-13-11-17-7-5-6-10-21(17)26/h5-7,10,15H,1-4,8-9,11-14H2. The van der Waals surface area contributed by atoms with E-state index in [4.69, 9.17) is 4.98 Å². The van der Waals surface area contributed by atoms with Crippen molar-refractivity contribution in [3.8, 4) is 6.07 Å². The summed E-state index contributed by atoms with van der Waals surface area (Å²) in [6.45, 7) is 0.767. The van der Waals surface area contributed by atoms with Gasteiger partial charge in [-0.15, -0.1) is 11.8 Å². The summed E-state index contributed by atoms with van der Waals surface area (Å²) >= 11 is 1.54. The van der Waals surface area contributed by atoms with E-state index in [2.05, 4.69) is 12.1 Å². The molecule has 1 aliphatic heterocycles. The van der Waals surface area contributed by atoms with Crippen LogP contribution in [0.5, 0.6) is 0 Å². The number of nitrogens with zero attached hydrogens (tertiary/aromatic N) is 3. The molecule has 0 fully saturated rings. The molecule has 1 aromatic carbocycles. The maximum absolute atomic E-state index is 12.7. The van der Waals surface area contributed by atoms with Crippen LogP contribution in [0, 0.1) is 11.3 Å². The first-order chi connectivity index (χ1) is 13.8. The first-order valence-electron chi connectivity index (χ1n) is 10.2. The normalized spacial score (nSPS) is 15.9. The summed E-state index contributed by atoms with van der Waals surface area (Å²) in [5, 5.41) is 10.3. The average molecular weight is 392 g/mol. The van der Waals surface area contributed by atoms with Crippen molar-refractivity contribution in [3.05, 3.63) is 52.7 Å². The number of anilines is 1. The summed E-state index contributed by atoms with van der Waals surface area (Å²) in [6, 6.07) is 12.5. The molecule has 0 bridgehead atoms. The zero-order valence-electron chi connectivity index (χ0n) is 16.1. The summed E-state index contributed by atoms with van der Waals surface area (Å²) in [5.41, 5.74) is 5.35. The van der Waals surface area contributed by atoms with Gasteiger partial charge in [0.2, 0.25) is 5.91 Å². The lowest BCUT2D eigenvalue weighted by Gasteiger charge is -2.17. The first kappa shape index (κ1) is 19.0. The van der Waals surface area contributed by atoms with Gasteiger partial charge in [-0.3, -0.25) is 4.79 Å². The second kappa shape index (κ2) is 8.79. The van der Waals surface area contributed by atoms with Crippen LogP contribution >= 0.6 is 11.8 Å². The van der Waals surface area contributed by atoms with Crippen LogP contribution in [0.4, 0.5) is 5.69 Å². The van der Waals surface area contributed by atoms with Gasteiger partial charge in [0, 0.05) is 30.1 Å². The largest absolute Gasteiger partial charge is 0.312 e. The number of carbonyl (C=O) groups is 1. The van der Waals surface area contributed by atoms with Gasteiger partial charge in [0.25, 0.3) is 0 Å². The van der Waals surface area contributed by atoms with Crippen molar-refractivity contribution in [1.82, 2.24) is 4.98 Å². The van der Waals surface area contributed by atoms with E-state index in [0.29, 0.717) is 17.7 Å². The zero-order chi connectivity index (χ0) is 19.3. The molecule has 0 unspecified atom stereocenters. The number of fused-ring (bicyclic) bond motifs is 2. The fourth-order valence-corrected chi connectivity index (χ4v) is 5.03. The SMILES string of the molecule is N#Cc1cc2c(nc1SCCC(=O)N1CCc3ccccc31)CCCCCC2. The highest BCUT2D eigenvalue weighted by Gasteiger charge is 2.24. The van der Waals surface area contributed by atoms with Gasteiger partial charge in [0.05, 0.1) is 5.56 Å². The monoisotopic (exact) mass is 391 g/mol. The molecule has 144 valence electrons. The average Bonchev–Trinajstić information content (AvgIpc) is 3.13. The van der Waals surface area contributed by atoms with Crippen LogP contribution in [0.25, 0.3) is 0 Å². The number of benzene rings is 1. The lowest BCUT2D eigenvalue weighted by molar-refractivity contribution is -0.118. The third kappa shape index (κ3) is 4.07. The van der Waals surface area contributed by atoms with Gasteiger partial charge in [0.15, 0.2) is 0 Å². The molecule has 4 rings (SSSR count). The summed E-state index contributed by atoms with van der Waals surface area (Å²) in [6.07, 6.45) is 8.28. The second-order valence-electron chi connectivity index (χ2n) is 7.50. The fourth-order valence-electron chi connectivity index (χ4n) is 4.13. The maximum Gasteiger partial charge on any atom is 0.227 e. The molecule has 0 saturated carbocycles. The van der Waals surface area contributed by atoms with E-state index in [1.807, 2.05) is 29.2 Å². The number of hydrogen-bond donors (Lipinski definition) is 0. The molecule has 5 heteroatoms. The minimum atomic E-state index is 0.155. The van der Waals surface area contributed by atoms with Crippen molar-refractivity contribution in [2.24, 2.45) is 0 Å². The van der Waals surface area contributed by atoms with Crippen LogP contribution in [0.15, 0.2) is 35.4 Å². The Morgan fingerprint density at radius 1 is 1.11 bits per heavy atom. The highest BCUT2D eigenvalue weighted by atomic mass is 32.2. The smallest absolute Gasteiger partial charge is 0.227 e. The minimum absolute atomic E-state index is 0.155. The van der Waals surface area contributed by atoms with E-state index in [-0.39, 0.29) is 5.91 Å². The van der Waals surface area contributed by atoms with Gasteiger partial charge in [-0.2, -0.15) is 5.26 Å². The summed E-state index contributed by atoms with van der Waals surface area (Å²) in [5.74, 6) is 0.806. The minimum Gasteiger partial charge on any atom is -0.312 e. The number of pyridine rings is 1. The fraction of sp³-hybridized carbons (Fsp3) is 0.435. The molecule has 0 saturated heterocycles. The van der Waals surface area contributed by atoms with Crippen molar-refractivity contribution < 1.29 is 4.79 Å². The Labute approximate surface area is 171 Å². The highest BCUT2D eigenvalue weighted by Crippen LogP contribution is 2.30. The summed E-state index contributed by atoms with van der Waals surface area (Å²) in [4.78, 5) is 19.4. The predicted molar refractivity (Wildman–Crippen MR) is 113 cm³/mol. The Bertz CT molecular complexity index is 919. The van der Waals surface area contributed by atoms with Crippen molar-refractivity contribution in [1.29, 1.82) is 5.26 Å². The van der Waals surface area contributed by atoms with Crippen molar-refractivity contribution in [3.63, 3.8) is 0 Å². The number of amides is 1. The molecule has 28 heavy (non-hydrogen) atoms. The molecule has 2 aliphatic rings. The molecule has 2 aromatic rings. The van der Waals surface area contributed by atoms with Crippen LogP contribution in [0.1, 0.15) is 54.5 Å². The zero-order valence-corrected chi connectivity index (χ0v) is 16.9. The van der Waals surface area contributed by atoms with E-state index in [9.17, 15) is 10.1 Å². The lowest BCUT2D eigenvalue weighted by Crippen LogP contribution is -2.29. The predicted octanol–water partition coefficient (Wildman–Crippen LogP) is 4.68. The molecule has 4 nitrogen and oxygen atoms in total. The molecule has 1 amide bonds. The molecular weight excluding hydrogens is 366 g/mol. The van der Waals surface area contributed by atoms with Gasteiger partial charge in [-0.25, -0.2) is 4.98 Å². The van der Waals surface area contributed by atoms with Crippen molar-refractivity contribution in [2.75, 3.05) is 17.2 Å².